The van der Waals surface area contributed by atoms with E-state index in [4.69, 9.17) is 0 Å². The summed E-state index contributed by atoms with van der Waals surface area (Å²) >= 11 is 5.56. The van der Waals surface area contributed by atoms with Crippen LogP contribution < -0.4 is 0 Å². The molecule has 0 aliphatic heterocycles. The van der Waals surface area contributed by atoms with Gasteiger partial charge in [0.1, 0.15) is 0 Å². The average Bonchev–Trinajstić information content (AvgIpc) is 4.01. The molecule has 0 nitrogen and oxygen atoms in total. The summed E-state index contributed by atoms with van der Waals surface area (Å²) in [6.45, 7) is 0. The van der Waals surface area contributed by atoms with E-state index in [1.54, 1.807) is 0 Å². The molecule has 3 heteroatoms. The first-order valence-corrected chi connectivity index (χ1v) is 19.6. The Balaban J connectivity index is 1.29. The van der Waals surface area contributed by atoms with Crippen LogP contribution in [-0.4, -0.2) is 0 Å². The first-order chi connectivity index (χ1) is 25.2. The van der Waals surface area contributed by atoms with Gasteiger partial charge in [0.05, 0.1) is 0 Å². The molecule has 0 N–H and O–H groups in total. The normalized spacial score (nSPS) is 11.5. The predicted molar refractivity (Wildman–Crippen MR) is 231 cm³/mol. The zero-order valence-corrected chi connectivity index (χ0v) is 30.0. The molecule has 0 aliphatic carbocycles. The Morgan fingerprint density at radius 2 is 0.333 bits per heavy atom. The fraction of sp³-hybridized carbons (Fsp3) is 0. The Kier molecular flexibility index (Phi) is 7.50. The molecule has 0 saturated carbocycles. The van der Waals surface area contributed by atoms with Gasteiger partial charge in [-0.05, 0) is 137 Å². The van der Waals surface area contributed by atoms with Gasteiger partial charge in [-0.3, -0.25) is 0 Å². The second kappa shape index (κ2) is 12.6. The van der Waals surface area contributed by atoms with Gasteiger partial charge >= 0.3 is 0 Å². The topological polar surface area (TPSA) is 0 Å². The lowest BCUT2D eigenvalue weighted by atomic mass is 10.1. The first kappa shape index (κ1) is 30.3. The molecule has 18 bridgehead atoms. The molecule has 0 amide bonds. The lowest BCUT2D eigenvalue weighted by Crippen LogP contribution is -1.70. The van der Waals surface area contributed by atoms with Gasteiger partial charge in [-0.2, -0.15) is 0 Å². The molecule has 0 radical (unpaired) electrons. The maximum atomic E-state index is 2.33. The molecule has 10 aromatic rings. The molecular formula is C48H30S3. The van der Waals surface area contributed by atoms with Gasteiger partial charge in [-0.1, -0.05) is 109 Å². The minimum absolute atomic E-state index is 1.23. The van der Waals surface area contributed by atoms with E-state index in [0.717, 1.165) is 0 Å². The second-order valence-electron chi connectivity index (χ2n) is 13.0. The van der Waals surface area contributed by atoms with E-state index in [-0.39, 0.29) is 0 Å². The van der Waals surface area contributed by atoms with Crippen molar-refractivity contribution in [2.24, 2.45) is 0 Å². The summed E-state index contributed by atoms with van der Waals surface area (Å²) in [5.74, 6) is 0. The fourth-order valence-corrected chi connectivity index (χ4v) is 10.1. The van der Waals surface area contributed by atoms with Crippen LogP contribution >= 0.6 is 34.0 Å². The Labute approximate surface area is 307 Å². The van der Waals surface area contributed by atoms with Crippen LogP contribution in [-0.2, 0) is 0 Å². The van der Waals surface area contributed by atoms with Crippen molar-refractivity contribution < 1.29 is 0 Å². The molecule has 0 aliphatic rings. The summed E-state index contributed by atoms with van der Waals surface area (Å²) in [6.07, 6.45) is 0. The van der Waals surface area contributed by atoms with Crippen molar-refractivity contribution in [1.29, 1.82) is 0 Å². The molecule has 0 spiro atoms. The molecule has 0 atom stereocenters. The largest absolute Gasteiger partial charge is 0.135 e. The fourth-order valence-electron chi connectivity index (χ4n) is 7.06. The molecule has 0 unspecified atom stereocenters. The van der Waals surface area contributed by atoms with E-state index < -0.39 is 0 Å². The molecule has 240 valence electrons. The summed E-state index contributed by atoms with van der Waals surface area (Å²) in [5, 5.41) is 14.8. The standard InChI is InChI=1S/C48H30S3/c1-7-31-25-37(13-1)43-19-20-44(49-43)39-15-3-9-33(27-39)34-10-4-17-41(28-34)47-23-24-48(51-47)42-18-6-12-36(30-42)35-11-5-16-40(29-35)46-22-21-45(50-46)38-14-2-8-32(31)26-38/h1-30H. The zero-order chi connectivity index (χ0) is 33.7. The van der Waals surface area contributed by atoms with Gasteiger partial charge in [0.15, 0.2) is 0 Å². The Morgan fingerprint density at radius 3 is 0.510 bits per heavy atom. The van der Waals surface area contributed by atoms with Crippen molar-refractivity contribution in [2.75, 3.05) is 0 Å². The first-order valence-electron chi connectivity index (χ1n) is 17.1. The van der Waals surface area contributed by atoms with Gasteiger partial charge in [0.25, 0.3) is 0 Å². The smallest absolute Gasteiger partial charge is 0.0349 e. The van der Waals surface area contributed by atoms with Crippen LogP contribution in [0, 0.1) is 0 Å². The highest BCUT2D eigenvalue weighted by molar-refractivity contribution is 7.25. The van der Waals surface area contributed by atoms with Crippen LogP contribution in [0.2, 0.25) is 0 Å². The number of rotatable bonds is 0. The summed E-state index contributed by atoms with van der Waals surface area (Å²) < 4.78 is 7.65. The summed E-state index contributed by atoms with van der Waals surface area (Å²) in [6, 6.07) is 67.4. The molecule has 51 heavy (non-hydrogen) atoms. The molecular weight excluding hydrogens is 673 g/mol. The predicted octanol–water partition coefficient (Wildman–Crippen LogP) is 15.6. The van der Waals surface area contributed by atoms with E-state index in [1.807, 2.05) is 34.0 Å². The Morgan fingerprint density at radius 1 is 0.176 bits per heavy atom. The zero-order valence-electron chi connectivity index (χ0n) is 27.5. The maximum Gasteiger partial charge on any atom is 0.0349 e. The van der Waals surface area contributed by atoms with Crippen LogP contribution in [0.3, 0.4) is 0 Å². The van der Waals surface area contributed by atoms with Crippen molar-refractivity contribution in [3.63, 3.8) is 0 Å². The third-order valence-corrected chi connectivity index (χ3v) is 13.3. The van der Waals surface area contributed by atoms with Crippen LogP contribution in [0.5, 0.6) is 0 Å². The molecule has 4 heterocycles. The van der Waals surface area contributed by atoms with E-state index >= 15 is 0 Å². The number of fused-ring (bicyclic) bond motifs is 27. The van der Waals surface area contributed by atoms with E-state index in [0.29, 0.717) is 0 Å². The van der Waals surface area contributed by atoms with Crippen LogP contribution in [0.4, 0.5) is 0 Å². The molecule has 6 aromatic carbocycles. The van der Waals surface area contributed by atoms with Crippen LogP contribution in [0.15, 0.2) is 182 Å². The van der Waals surface area contributed by atoms with Gasteiger partial charge in [-0.25, -0.2) is 0 Å². The lowest BCUT2D eigenvalue weighted by molar-refractivity contribution is 1.82. The highest BCUT2D eigenvalue weighted by Gasteiger charge is 2.02. The van der Waals surface area contributed by atoms with Crippen molar-refractivity contribution in [2.45, 2.75) is 0 Å². The maximum absolute atomic E-state index is 2.33. The summed E-state index contributed by atoms with van der Waals surface area (Å²) in [4.78, 5) is 0. The summed E-state index contributed by atoms with van der Waals surface area (Å²) in [5.41, 5.74) is 0. The molecule has 0 saturated heterocycles. The van der Waals surface area contributed by atoms with Crippen LogP contribution in [0.1, 0.15) is 0 Å². The Bertz CT molecular complexity index is 2660. The van der Waals surface area contributed by atoms with E-state index in [9.17, 15) is 0 Å². The number of thiophene rings is 3. The third kappa shape index (κ3) is 5.80. The van der Waals surface area contributed by atoms with Crippen molar-refractivity contribution >= 4 is 127 Å². The minimum Gasteiger partial charge on any atom is -0.135 e. The van der Waals surface area contributed by atoms with Gasteiger partial charge in [-0.15, -0.1) is 34.0 Å². The number of benzene rings is 6. The Hall–Kier alpha value is -5.58. The monoisotopic (exact) mass is 702 g/mol. The highest BCUT2D eigenvalue weighted by atomic mass is 32.1. The van der Waals surface area contributed by atoms with Crippen molar-refractivity contribution in [1.82, 2.24) is 0 Å². The van der Waals surface area contributed by atoms with Gasteiger partial charge < -0.3 is 0 Å². The molecule has 0 fully saturated rings. The van der Waals surface area contributed by atoms with E-state index in [2.05, 4.69) is 182 Å². The molecule has 10 rings (SSSR count). The number of hydrogen-bond donors (Lipinski definition) is 0. The summed E-state index contributed by atoms with van der Waals surface area (Å²) in [7, 11) is 0. The lowest BCUT2D eigenvalue weighted by Gasteiger charge is -1.97. The van der Waals surface area contributed by atoms with Crippen molar-refractivity contribution in [3.05, 3.63) is 182 Å². The van der Waals surface area contributed by atoms with Crippen LogP contribution in [0.25, 0.3) is 92.8 Å². The van der Waals surface area contributed by atoms with E-state index in [1.165, 1.54) is 92.8 Å². The van der Waals surface area contributed by atoms with Gasteiger partial charge in [0.2, 0.25) is 0 Å². The number of hydrogen-bond acceptors (Lipinski definition) is 3. The van der Waals surface area contributed by atoms with Crippen molar-refractivity contribution in [3.8, 4) is 0 Å². The SMILES string of the molecule is c1cc2cc(c1)c1ccc(s1)c1cccc(c1)c1cccc(c1)c1ccc(s1)c1cccc(c1)c1cccc(c1)c1ccc(s1)c1cccc2c1. The highest BCUT2D eigenvalue weighted by Crippen LogP contribution is 2.32. The average molecular weight is 703 g/mol. The second-order valence-corrected chi connectivity index (χ2v) is 16.2. The quantitative estimate of drug-likeness (QED) is 0.148. The third-order valence-electron chi connectivity index (χ3n) is 9.70. The molecule has 4 aromatic heterocycles. The minimum atomic E-state index is 1.23. The van der Waals surface area contributed by atoms with Gasteiger partial charge in [0, 0.05) is 28.2 Å².